The van der Waals surface area contributed by atoms with E-state index in [0.717, 1.165) is 11.1 Å². The summed E-state index contributed by atoms with van der Waals surface area (Å²) in [5.41, 5.74) is 1.34. The maximum absolute atomic E-state index is 12.5. The minimum absolute atomic E-state index is 0.0300. The van der Waals surface area contributed by atoms with E-state index in [1.807, 2.05) is 54.8 Å². The molecule has 27 heavy (non-hydrogen) atoms. The lowest BCUT2D eigenvalue weighted by molar-refractivity contribution is -0.132. The number of nitriles is 1. The lowest BCUT2D eigenvalue weighted by atomic mass is 9.90. The fourth-order valence-electron chi connectivity index (χ4n) is 3.07. The van der Waals surface area contributed by atoms with Crippen molar-refractivity contribution >= 4 is 11.8 Å². The van der Waals surface area contributed by atoms with Gasteiger partial charge in [0.1, 0.15) is 5.54 Å². The molecule has 0 saturated carbocycles. The van der Waals surface area contributed by atoms with Crippen molar-refractivity contribution in [3.05, 3.63) is 35.4 Å². The van der Waals surface area contributed by atoms with E-state index in [9.17, 15) is 14.9 Å². The lowest BCUT2D eigenvalue weighted by Crippen LogP contribution is -2.55. The number of hydrogen-bond donors (Lipinski definition) is 1. The van der Waals surface area contributed by atoms with Gasteiger partial charge in [-0.25, -0.2) is 0 Å². The van der Waals surface area contributed by atoms with Crippen molar-refractivity contribution in [1.29, 1.82) is 5.26 Å². The molecule has 6 nitrogen and oxygen atoms in total. The van der Waals surface area contributed by atoms with Crippen molar-refractivity contribution in [2.45, 2.75) is 39.7 Å². The molecule has 1 aromatic rings. The summed E-state index contributed by atoms with van der Waals surface area (Å²) < 4.78 is 0. The summed E-state index contributed by atoms with van der Waals surface area (Å²) in [5.74, 6) is 0.0139. The number of nitrogens with one attached hydrogen (secondary N) is 1. The van der Waals surface area contributed by atoms with Crippen LogP contribution in [0.15, 0.2) is 24.3 Å². The van der Waals surface area contributed by atoms with Crippen LogP contribution in [0.4, 0.5) is 0 Å². The zero-order valence-corrected chi connectivity index (χ0v) is 16.8. The van der Waals surface area contributed by atoms with E-state index in [1.165, 1.54) is 0 Å². The maximum Gasteiger partial charge on any atom is 0.235 e. The van der Waals surface area contributed by atoms with Crippen molar-refractivity contribution in [2.75, 3.05) is 32.7 Å². The van der Waals surface area contributed by atoms with Crippen LogP contribution < -0.4 is 5.32 Å². The molecule has 1 atom stereocenters. The predicted molar refractivity (Wildman–Crippen MR) is 105 cm³/mol. The molecule has 0 bridgehead atoms. The van der Waals surface area contributed by atoms with Crippen LogP contribution in [0.2, 0.25) is 0 Å². The molecular weight excluding hydrogens is 340 g/mol. The normalized spacial score (nSPS) is 17.3. The van der Waals surface area contributed by atoms with Crippen molar-refractivity contribution in [3.8, 4) is 6.07 Å². The number of nitrogens with zero attached hydrogens (tertiary/aromatic N) is 3. The summed E-state index contributed by atoms with van der Waals surface area (Å²) in [6.07, 6.45) is 0.419. The minimum Gasteiger partial charge on any atom is -0.340 e. The van der Waals surface area contributed by atoms with Crippen LogP contribution in [0.25, 0.3) is 0 Å². The highest BCUT2D eigenvalue weighted by Gasteiger charge is 2.31. The van der Waals surface area contributed by atoms with Crippen LogP contribution >= 0.6 is 0 Å². The highest BCUT2D eigenvalue weighted by molar-refractivity contribution is 5.80. The quantitative estimate of drug-likeness (QED) is 0.827. The van der Waals surface area contributed by atoms with Gasteiger partial charge in [0.2, 0.25) is 11.8 Å². The molecule has 0 unspecified atom stereocenters. The van der Waals surface area contributed by atoms with Gasteiger partial charge in [0.05, 0.1) is 19.0 Å². The molecule has 2 rings (SSSR count). The van der Waals surface area contributed by atoms with Gasteiger partial charge < -0.3 is 10.2 Å². The van der Waals surface area contributed by atoms with E-state index in [2.05, 4.69) is 11.4 Å². The molecule has 0 radical (unpaired) electrons. The summed E-state index contributed by atoms with van der Waals surface area (Å²) in [6, 6.07) is 10.1. The van der Waals surface area contributed by atoms with Crippen LogP contribution in [0.3, 0.4) is 0 Å². The van der Waals surface area contributed by atoms with E-state index < -0.39 is 5.54 Å². The zero-order chi connectivity index (χ0) is 20.0. The van der Waals surface area contributed by atoms with Gasteiger partial charge in [0.25, 0.3) is 0 Å². The van der Waals surface area contributed by atoms with Gasteiger partial charge in [0.15, 0.2) is 0 Å². The zero-order valence-electron chi connectivity index (χ0n) is 16.8. The highest BCUT2D eigenvalue weighted by atomic mass is 16.2. The fraction of sp³-hybridized carbons (Fsp3) is 0.571. The van der Waals surface area contributed by atoms with Gasteiger partial charge in [-0.15, -0.1) is 0 Å². The molecule has 1 aliphatic heterocycles. The molecule has 1 fully saturated rings. The number of carbonyl (C=O) groups excluding carboxylic acids is 2. The molecule has 1 aromatic carbocycles. The van der Waals surface area contributed by atoms with Crippen molar-refractivity contribution in [3.63, 3.8) is 0 Å². The second-order valence-electron chi connectivity index (χ2n) is 7.78. The van der Waals surface area contributed by atoms with Crippen LogP contribution in [0.1, 0.15) is 31.9 Å². The Labute approximate surface area is 162 Å². The second kappa shape index (κ2) is 9.01. The first-order chi connectivity index (χ1) is 12.7. The third-order valence-electron chi connectivity index (χ3n) is 5.48. The summed E-state index contributed by atoms with van der Waals surface area (Å²) in [5, 5.41) is 12.2. The predicted octanol–water partition coefficient (Wildman–Crippen LogP) is 1.74. The summed E-state index contributed by atoms with van der Waals surface area (Å²) in [6.45, 7) is 10.4. The number of piperazine rings is 1. The molecule has 1 saturated heterocycles. The van der Waals surface area contributed by atoms with E-state index in [4.69, 9.17) is 0 Å². The van der Waals surface area contributed by atoms with E-state index in [0.29, 0.717) is 32.6 Å². The third-order valence-corrected chi connectivity index (χ3v) is 5.48. The number of aryl methyl sites for hydroxylation is 1. The molecule has 0 aromatic heterocycles. The van der Waals surface area contributed by atoms with Gasteiger partial charge in [-0.05, 0) is 30.9 Å². The Bertz CT molecular complexity index is 717. The average molecular weight is 370 g/mol. The molecule has 1 heterocycles. The Hall–Kier alpha value is -2.39. The number of rotatable bonds is 6. The van der Waals surface area contributed by atoms with Gasteiger partial charge in [-0.3, -0.25) is 14.5 Å². The van der Waals surface area contributed by atoms with E-state index in [1.54, 1.807) is 6.92 Å². The maximum atomic E-state index is 12.5. The Kier molecular flexibility index (Phi) is 6.98. The van der Waals surface area contributed by atoms with Gasteiger partial charge >= 0.3 is 0 Å². The van der Waals surface area contributed by atoms with E-state index >= 15 is 0 Å². The summed E-state index contributed by atoms with van der Waals surface area (Å²) in [7, 11) is 0. The standard InChI is InChI=1S/C21H30N4O2/c1-16(2)21(4,15-22)23-19(26)14-24-9-11-25(12-10-24)20(27)13-18-8-6-5-7-17(18)3/h5-8,16H,9-14H2,1-4H3,(H,23,26)/t21-/m0/s1. The van der Waals surface area contributed by atoms with Gasteiger partial charge in [0, 0.05) is 26.2 Å². The first-order valence-corrected chi connectivity index (χ1v) is 9.52. The average Bonchev–Trinajstić information content (AvgIpc) is 2.63. The number of benzene rings is 1. The van der Waals surface area contributed by atoms with Gasteiger partial charge in [-0.2, -0.15) is 5.26 Å². The Balaban J connectivity index is 1.81. The Morgan fingerprint density at radius 2 is 1.85 bits per heavy atom. The lowest BCUT2D eigenvalue weighted by Gasteiger charge is -2.35. The largest absolute Gasteiger partial charge is 0.340 e. The number of carbonyl (C=O) groups is 2. The molecule has 0 aliphatic carbocycles. The van der Waals surface area contributed by atoms with Crippen LogP contribution in [-0.4, -0.2) is 59.9 Å². The van der Waals surface area contributed by atoms with Crippen molar-refractivity contribution in [2.24, 2.45) is 5.92 Å². The summed E-state index contributed by atoms with van der Waals surface area (Å²) >= 11 is 0. The topological polar surface area (TPSA) is 76.4 Å². The van der Waals surface area contributed by atoms with Crippen molar-refractivity contribution in [1.82, 2.24) is 15.1 Å². The minimum atomic E-state index is -0.859. The molecule has 1 N–H and O–H groups in total. The summed E-state index contributed by atoms with van der Waals surface area (Å²) in [4.78, 5) is 28.7. The monoisotopic (exact) mass is 370 g/mol. The first kappa shape index (κ1) is 20.9. The SMILES string of the molecule is Cc1ccccc1CC(=O)N1CCN(CC(=O)N[C@@](C)(C#N)C(C)C)CC1. The van der Waals surface area contributed by atoms with Crippen LogP contribution in [0, 0.1) is 24.2 Å². The molecule has 6 heteroatoms. The molecule has 146 valence electrons. The highest BCUT2D eigenvalue weighted by Crippen LogP contribution is 2.15. The van der Waals surface area contributed by atoms with E-state index in [-0.39, 0.29) is 24.3 Å². The van der Waals surface area contributed by atoms with Crippen LogP contribution in [-0.2, 0) is 16.0 Å². The van der Waals surface area contributed by atoms with Crippen molar-refractivity contribution < 1.29 is 9.59 Å². The molecule has 0 spiro atoms. The Morgan fingerprint density at radius 3 is 2.41 bits per heavy atom. The molecule has 1 aliphatic rings. The van der Waals surface area contributed by atoms with Gasteiger partial charge in [-0.1, -0.05) is 38.1 Å². The molecule has 2 amide bonds. The fourth-order valence-corrected chi connectivity index (χ4v) is 3.07. The second-order valence-corrected chi connectivity index (χ2v) is 7.78. The van der Waals surface area contributed by atoms with Crippen LogP contribution in [0.5, 0.6) is 0 Å². The number of amides is 2. The smallest absolute Gasteiger partial charge is 0.235 e. The third kappa shape index (κ3) is 5.54. The Morgan fingerprint density at radius 1 is 1.22 bits per heavy atom. The molecular formula is C21H30N4O2. The first-order valence-electron chi connectivity index (χ1n) is 9.52. The number of hydrogen-bond acceptors (Lipinski definition) is 4.